The minimum absolute atomic E-state index is 0.212. The molecular formula is C25H29FN4O4. The van der Waals surface area contributed by atoms with Crippen LogP contribution < -0.4 is 20.3 Å². The summed E-state index contributed by atoms with van der Waals surface area (Å²) >= 11 is 0. The highest BCUT2D eigenvalue weighted by Crippen LogP contribution is 2.34. The number of ether oxygens (including phenoxy) is 2. The molecule has 2 aliphatic heterocycles. The van der Waals surface area contributed by atoms with Gasteiger partial charge in [-0.15, -0.1) is 0 Å². The molecule has 0 bridgehead atoms. The molecule has 4 rings (SSSR count). The van der Waals surface area contributed by atoms with Crippen LogP contribution in [0.1, 0.15) is 18.5 Å². The molecule has 2 aromatic rings. The zero-order chi connectivity index (χ0) is 24.1. The standard InChI is InChI=1S/C25H29FN4O4/c1-3-34-24(31)22-19(27-25(32)28-23(22)17-8-4-7-11-21(17)33-2)16-29-12-14-30(15-13-29)20-10-6-5-9-18(20)26/h4-11,23H,3,12-16H2,1-2H3,(H2,27,28,32)/t23-/m1/s1. The van der Waals surface area contributed by atoms with Gasteiger partial charge in [-0.2, -0.15) is 0 Å². The second kappa shape index (κ2) is 10.6. The minimum atomic E-state index is -0.710. The van der Waals surface area contributed by atoms with E-state index in [-0.39, 0.29) is 12.4 Å². The largest absolute Gasteiger partial charge is 0.496 e. The second-order valence-electron chi connectivity index (χ2n) is 8.10. The number of hydrogen-bond acceptors (Lipinski definition) is 6. The maximum atomic E-state index is 14.2. The highest BCUT2D eigenvalue weighted by atomic mass is 19.1. The van der Waals surface area contributed by atoms with E-state index in [1.165, 1.54) is 6.07 Å². The lowest BCUT2D eigenvalue weighted by Crippen LogP contribution is -2.52. The van der Waals surface area contributed by atoms with E-state index >= 15 is 0 Å². The molecule has 1 fully saturated rings. The van der Waals surface area contributed by atoms with Crippen LogP contribution in [0, 0.1) is 5.82 Å². The Bertz CT molecular complexity index is 1080. The van der Waals surface area contributed by atoms with Crippen LogP contribution in [0.5, 0.6) is 5.75 Å². The monoisotopic (exact) mass is 468 g/mol. The third-order valence-corrected chi connectivity index (χ3v) is 6.05. The summed E-state index contributed by atoms with van der Waals surface area (Å²) < 4.78 is 25.0. The number of carbonyl (C=O) groups excluding carboxylic acids is 2. The van der Waals surface area contributed by atoms with E-state index in [1.54, 1.807) is 32.2 Å². The summed E-state index contributed by atoms with van der Waals surface area (Å²) in [5, 5.41) is 5.66. The number of hydrogen-bond donors (Lipinski definition) is 2. The Hall–Kier alpha value is -3.59. The first kappa shape index (κ1) is 23.6. The predicted molar refractivity (Wildman–Crippen MR) is 126 cm³/mol. The van der Waals surface area contributed by atoms with E-state index in [9.17, 15) is 14.0 Å². The summed E-state index contributed by atoms with van der Waals surface area (Å²) in [4.78, 5) is 29.8. The first-order valence-electron chi connectivity index (χ1n) is 11.3. The Kier molecular flexibility index (Phi) is 7.32. The number of halogens is 1. The van der Waals surface area contributed by atoms with Gasteiger partial charge in [-0.3, -0.25) is 4.90 Å². The molecule has 2 aliphatic rings. The Morgan fingerprint density at radius 2 is 1.79 bits per heavy atom. The molecule has 0 spiro atoms. The lowest BCUT2D eigenvalue weighted by atomic mass is 9.94. The topological polar surface area (TPSA) is 83.1 Å². The molecule has 0 saturated carbocycles. The van der Waals surface area contributed by atoms with Crippen LogP contribution in [0.15, 0.2) is 59.8 Å². The molecule has 8 nitrogen and oxygen atoms in total. The van der Waals surface area contributed by atoms with Gasteiger partial charge in [-0.05, 0) is 25.1 Å². The van der Waals surface area contributed by atoms with E-state index < -0.39 is 18.0 Å². The SMILES string of the molecule is CCOC(=O)C1=C(CN2CCN(c3ccccc3F)CC2)NC(=O)N[C@@H]1c1ccccc1OC. The van der Waals surface area contributed by atoms with Gasteiger partial charge in [0.1, 0.15) is 11.6 Å². The Morgan fingerprint density at radius 1 is 1.09 bits per heavy atom. The summed E-state index contributed by atoms with van der Waals surface area (Å²) in [5.41, 5.74) is 2.10. The van der Waals surface area contributed by atoms with Crippen molar-refractivity contribution < 1.29 is 23.5 Å². The maximum Gasteiger partial charge on any atom is 0.338 e. The highest BCUT2D eigenvalue weighted by Gasteiger charge is 2.36. The zero-order valence-electron chi connectivity index (χ0n) is 19.3. The van der Waals surface area contributed by atoms with Crippen molar-refractivity contribution in [2.24, 2.45) is 0 Å². The number of rotatable bonds is 7. The molecule has 34 heavy (non-hydrogen) atoms. The van der Waals surface area contributed by atoms with E-state index in [0.717, 1.165) is 0 Å². The fourth-order valence-electron chi connectivity index (χ4n) is 4.41. The van der Waals surface area contributed by atoms with Crippen molar-refractivity contribution in [3.8, 4) is 5.75 Å². The van der Waals surface area contributed by atoms with Gasteiger partial charge in [0.05, 0.1) is 31.0 Å². The number of nitrogens with zero attached hydrogens (tertiary/aromatic N) is 2. The molecule has 2 amide bonds. The third-order valence-electron chi connectivity index (χ3n) is 6.05. The molecule has 1 saturated heterocycles. The lowest BCUT2D eigenvalue weighted by Gasteiger charge is -2.38. The quantitative estimate of drug-likeness (QED) is 0.608. The van der Waals surface area contributed by atoms with E-state index in [1.807, 2.05) is 29.2 Å². The number of anilines is 1. The van der Waals surface area contributed by atoms with Gasteiger partial charge in [-0.25, -0.2) is 14.0 Å². The highest BCUT2D eigenvalue weighted by molar-refractivity contribution is 5.95. The number of para-hydroxylation sites is 2. The number of nitrogens with one attached hydrogen (secondary N) is 2. The number of carbonyl (C=O) groups is 2. The molecule has 0 aromatic heterocycles. The van der Waals surface area contributed by atoms with E-state index in [2.05, 4.69) is 15.5 Å². The minimum Gasteiger partial charge on any atom is -0.496 e. The third kappa shape index (κ3) is 4.99. The molecule has 2 N–H and O–H groups in total. The van der Waals surface area contributed by atoms with Crippen molar-refractivity contribution >= 4 is 17.7 Å². The number of esters is 1. The maximum absolute atomic E-state index is 14.2. The normalized spacial score (nSPS) is 18.9. The summed E-state index contributed by atoms with van der Waals surface area (Å²) in [5.74, 6) is -0.172. The molecule has 9 heteroatoms. The average molecular weight is 469 g/mol. The number of urea groups is 1. The van der Waals surface area contributed by atoms with Crippen molar-refractivity contribution in [3.05, 3.63) is 71.2 Å². The molecular weight excluding hydrogens is 439 g/mol. The smallest absolute Gasteiger partial charge is 0.338 e. The number of piperazine rings is 1. The molecule has 0 unspecified atom stereocenters. The van der Waals surface area contributed by atoms with Crippen LogP contribution in [-0.4, -0.2) is 63.3 Å². The molecule has 1 atom stereocenters. The molecule has 0 radical (unpaired) electrons. The van der Waals surface area contributed by atoms with Crippen molar-refractivity contribution in [2.75, 3.05) is 51.3 Å². The van der Waals surface area contributed by atoms with Gasteiger partial charge < -0.3 is 25.0 Å². The van der Waals surface area contributed by atoms with Crippen molar-refractivity contribution in [3.63, 3.8) is 0 Å². The van der Waals surface area contributed by atoms with Crippen molar-refractivity contribution in [1.82, 2.24) is 15.5 Å². The first-order valence-corrected chi connectivity index (χ1v) is 11.3. The first-order chi connectivity index (χ1) is 16.5. The van der Waals surface area contributed by atoms with Crippen LogP contribution in [0.2, 0.25) is 0 Å². The van der Waals surface area contributed by atoms with Gasteiger partial charge in [0.25, 0.3) is 0 Å². The molecule has 180 valence electrons. The van der Waals surface area contributed by atoms with Crippen LogP contribution >= 0.6 is 0 Å². The fourth-order valence-corrected chi connectivity index (χ4v) is 4.41. The molecule has 2 aromatic carbocycles. The Balaban J connectivity index is 1.59. The van der Waals surface area contributed by atoms with Gasteiger partial charge in [0.2, 0.25) is 0 Å². The van der Waals surface area contributed by atoms with Gasteiger partial charge in [0.15, 0.2) is 0 Å². The van der Waals surface area contributed by atoms with E-state index in [4.69, 9.17) is 9.47 Å². The summed E-state index contributed by atoms with van der Waals surface area (Å²) in [6, 6.07) is 12.9. The van der Waals surface area contributed by atoms with Crippen molar-refractivity contribution in [1.29, 1.82) is 0 Å². The zero-order valence-corrected chi connectivity index (χ0v) is 19.3. The molecule has 0 aliphatic carbocycles. The Morgan fingerprint density at radius 3 is 2.50 bits per heavy atom. The lowest BCUT2D eigenvalue weighted by molar-refractivity contribution is -0.139. The van der Waals surface area contributed by atoms with Crippen LogP contribution in [0.25, 0.3) is 0 Å². The fraction of sp³-hybridized carbons (Fsp3) is 0.360. The average Bonchev–Trinajstić information content (AvgIpc) is 2.84. The summed E-state index contributed by atoms with van der Waals surface area (Å²) in [6.07, 6.45) is 0. The summed E-state index contributed by atoms with van der Waals surface area (Å²) in [6.45, 7) is 4.87. The van der Waals surface area contributed by atoms with Gasteiger partial charge >= 0.3 is 12.0 Å². The van der Waals surface area contributed by atoms with Crippen LogP contribution in [0.4, 0.5) is 14.9 Å². The van der Waals surface area contributed by atoms with Gasteiger partial charge in [0, 0.05) is 44.0 Å². The van der Waals surface area contributed by atoms with E-state index in [0.29, 0.717) is 61.0 Å². The second-order valence-corrected chi connectivity index (χ2v) is 8.10. The number of methoxy groups -OCH3 is 1. The number of amides is 2. The van der Waals surface area contributed by atoms with Crippen LogP contribution in [-0.2, 0) is 9.53 Å². The van der Waals surface area contributed by atoms with Crippen LogP contribution in [0.3, 0.4) is 0 Å². The Labute approximate surface area is 198 Å². The molecule has 2 heterocycles. The van der Waals surface area contributed by atoms with Crippen molar-refractivity contribution in [2.45, 2.75) is 13.0 Å². The number of benzene rings is 2. The summed E-state index contributed by atoms with van der Waals surface area (Å²) in [7, 11) is 1.55. The predicted octanol–water partition coefficient (Wildman–Crippen LogP) is 2.83. The van der Waals surface area contributed by atoms with Gasteiger partial charge in [-0.1, -0.05) is 30.3 Å².